The maximum atomic E-state index is 12.7. The zero-order chi connectivity index (χ0) is 21.7. The molecule has 0 unspecified atom stereocenters. The first-order valence-corrected chi connectivity index (χ1v) is 9.45. The number of phenols is 1. The summed E-state index contributed by atoms with van der Waals surface area (Å²) < 4.78 is 0. The molecule has 30 heavy (non-hydrogen) atoms. The first kappa shape index (κ1) is 20.8. The molecule has 2 aromatic rings. The highest BCUT2D eigenvalue weighted by Crippen LogP contribution is 2.32. The lowest BCUT2D eigenvalue weighted by molar-refractivity contribution is -0.384. The Morgan fingerprint density at radius 1 is 1.27 bits per heavy atom. The number of carbonyl (C=O) groups excluding carboxylic acids is 2. The Balaban J connectivity index is 1.82. The number of hydrogen-bond donors (Lipinski definition) is 2. The second-order valence-corrected chi connectivity index (χ2v) is 7.03. The fourth-order valence-corrected chi connectivity index (χ4v) is 3.50. The molecule has 0 saturated carbocycles. The van der Waals surface area contributed by atoms with Gasteiger partial charge in [-0.25, -0.2) is 5.43 Å². The summed E-state index contributed by atoms with van der Waals surface area (Å²) >= 11 is 1.04. The average Bonchev–Trinajstić information content (AvgIpc) is 3.02. The van der Waals surface area contributed by atoms with Crippen LogP contribution in [0.3, 0.4) is 0 Å². The van der Waals surface area contributed by atoms with E-state index in [4.69, 9.17) is 0 Å². The van der Waals surface area contributed by atoms with Crippen molar-refractivity contribution >= 4 is 40.5 Å². The number of amides is 2. The zero-order valence-electron chi connectivity index (χ0n) is 15.5. The number of non-ortho nitro benzene ring substituents is 1. The van der Waals surface area contributed by atoms with Gasteiger partial charge in [0.1, 0.15) is 5.75 Å². The van der Waals surface area contributed by atoms with E-state index < -0.39 is 10.8 Å². The van der Waals surface area contributed by atoms with Crippen molar-refractivity contribution in [3.05, 3.63) is 87.3 Å². The van der Waals surface area contributed by atoms with E-state index in [1.54, 1.807) is 18.2 Å². The maximum Gasteiger partial charge on any atom is 0.275 e. The van der Waals surface area contributed by atoms with Crippen LogP contribution >= 0.6 is 11.8 Å². The Labute approximate surface area is 175 Å². The van der Waals surface area contributed by atoms with Gasteiger partial charge in [-0.2, -0.15) is 0 Å². The number of para-hydroxylation sites is 1. The number of nitrogens with zero attached hydrogens (tertiary/aromatic N) is 3. The zero-order valence-corrected chi connectivity index (χ0v) is 16.3. The van der Waals surface area contributed by atoms with Crippen LogP contribution in [0.25, 0.3) is 6.08 Å². The quantitative estimate of drug-likeness (QED) is 0.318. The number of rotatable bonds is 6. The Kier molecular flexibility index (Phi) is 6.28. The van der Waals surface area contributed by atoms with Gasteiger partial charge < -0.3 is 5.11 Å². The molecule has 0 radical (unpaired) electrons. The number of carbonyl (C=O) groups is 2. The normalized spacial score (nSPS) is 16.1. The summed E-state index contributed by atoms with van der Waals surface area (Å²) in [6.45, 7) is 3.80. The van der Waals surface area contributed by atoms with Crippen molar-refractivity contribution in [1.29, 1.82) is 0 Å². The van der Waals surface area contributed by atoms with Gasteiger partial charge in [0, 0.05) is 18.7 Å². The van der Waals surface area contributed by atoms with E-state index >= 15 is 0 Å². The monoisotopic (exact) mass is 424 g/mol. The minimum atomic E-state index is -0.625. The molecular formula is C20H16N4O5S. The lowest BCUT2D eigenvalue weighted by Gasteiger charge is -2.12. The highest BCUT2D eigenvalue weighted by molar-refractivity contribution is 8.18. The van der Waals surface area contributed by atoms with Crippen LogP contribution in [0.1, 0.15) is 15.9 Å². The smallest absolute Gasteiger partial charge is 0.275 e. The topological polar surface area (TPSA) is 125 Å². The van der Waals surface area contributed by atoms with Gasteiger partial charge in [0.2, 0.25) is 0 Å². The highest BCUT2D eigenvalue weighted by Gasteiger charge is 2.33. The van der Waals surface area contributed by atoms with Crippen LogP contribution in [-0.2, 0) is 4.79 Å². The lowest BCUT2D eigenvalue weighted by atomic mass is 10.2. The summed E-state index contributed by atoms with van der Waals surface area (Å²) in [6.07, 6.45) is 3.10. The number of thioether (sulfide) groups is 1. The van der Waals surface area contributed by atoms with Crippen LogP contribution in [0.15, 0.2) is 71.2 Å². The number of phenolic OH excluding ortho intramolecular Hbond substituents is 1. The van der Waals surface area contributed by atoms with Crippen LogP contribution < -0.4 is 5.43 Å². The fraction of sp³-hybridized carbons (Fsp3) is 0.0500. The summed E-state index contributed by atoms with van der Waals surface area (Å²) in [5, 5.41) is 24.8. The van der Waals surface area contributed by atoms with Crippen LogP contribution in [0.5, 0.6) is 5.75 Å². The fourth-order valence-electron chi connectivity index (χ4n) is 2.55. The van der Waals surface area contributed by atoms with Crippen LogP contribution in [0.2, 0.25) is 0 Å². The van der Waals surface area contributed by atoms with Gasteiger partial charge in [0.05, 0.1) is 15.4 Å². The van der Waals surface area contributed by atoms with Crippen molar-refractivity contribution in [2.45, 2.75) is 0 Å². The van der Waals surface area contributed by atoms with Gasteiger partial charge in [0.15, 0.2) is 5.17 Å². The number of nitro groups is 1. The number of benzene rings is 2. The molecule has 0 atom stereocenters. The molecule has 1 saturated heterocycles. The third-order valence-electron chi connectivity index (χ3n) is 4.00. The van der Waals surface area contributed by atoms with Gasteiger partial charge in [-0.05, 0) is 47.7 Å². The van der Waals surface area contributed by atoms with Crippen LogP contribution in [-0.4, -0.2) is 38.5 Å². The van der Waals surface area contributed by atoms with Crippen molar-refractivity contribution in [3.63, 3.8) is 0 Å². The van der Waals surface area contributed by atoms with E-state index in [1.165, 1.54) is 47.4 Å². The van der Waals surface area contributed by atoms with Crippen LogP contribution in [0.4, 0.5) is 5.69 Å². The lowest BCUT2D eigenvalue weighted by Crippen LogP contribution is -2.31. The Hall–Kier alpha value is -3.92. The number of amidine groups is 1. The average molecular weight is 424 g/mol. The van der Waals surface area contributed by atoms with Gasteiger partial charge in [-0.3, -0.25) is 24.6 Å². The molecule has 3 rings (SSSR count). The van der Waals surface area contributed by atoms with Gasteiger partial charge in [-0.15, -0.1) is 11.7 Å². The van der Waals surface area contributed by atoms with Gasteiger partial charge in [0.25, 0.3) is 17.5 Å². The molecule has 0 aromatic heterocycles. The number of nitro benzene ring substituents is 1. The van der Waals surface area contributed by atoms with Crippen LogP contribution in [0, 0.1) is 10.1 Å². The van der Waals surface area contributed by atoms with Crippen molar-refractivity contribution in [1.82, 2.24) is 10.3 Å². The maximum absolute atomic E-state index is 12.7. The molecule has 0 bridgehead atoms. The van der Waals surface area contributed by atoms with E-state index in [1.807, 2.05) is 0 Å². The van der Waals surface area contributed by atoms with Crippen molar-refractivity contribution in [2.24, 2.45) is 5.10 Å². The Morgan fingerprint density at radius 3 is 2.60 bits per heavy atom. The summed E-state index contributed by atoms with van der Waals surface area (Å²) in [6, 6.07) is 11.8. The molecule has 1 aliphatic rings. The van der Waals surface area contributed by atoms with Gasteiger partial charge in [-0.1, -0.05) is 18.2 Å². The Bertz CT molecular complexity index is 1080. The second-order valence-electron chi connectivity index (χ2n) is 6.02. The van der Waals surface area contributed by atoms with E-state index in [-0.39, 0.29) is 34.6 Å². The van der Waals surface area contributed by atoms with Crippen molar-refractivity contribution in [3.8, 4) is 5.75 Å². The van der Waals surface area contributed by atoms with E-state index in [2.05, 4.69) is 17.1 Å². The predicted octanol–water partition coefficient (Wildman–Crippen LogP) is 3.10. The molecule has 2 amide bonds. The number of nitrogens with one attached hydrogen (secondary N) is 1. The molecular weight excluding hydrogens is 408 g/mol. The molecule has 2 N–H and O–H groups in total. The minimum Gasteiger partial charge on any atom is -0.507 e. The summed E-state index contributed by atoms with van der Waals surface area (Å²) in [7, 11) is 0. The molecule has 2 aromatic carbocycles. The second kappa shape index (κ2) is 9.05. The molecule has 1 heterocycles. The van der Waals surface area contributed by atoms with Gasteiger partial charge >= 0.3 is 0 Å². The number of hydrazone groups is 1. The number of hydrogen-bond acceptors (Lipinski definition) is 7. The first-order chi connectivity index (χ1) is 14.4. The predicted molar refractivity (Wildman–Crippen MR) is 114 cm³/mol. The first-order valence-electron chi connectivity index (χ1n) is 8.63. The summed E-state index contributed by atoms with van der Waals surface area (Å²) in [5.74, 6) is -1.15. The standard InChI is InChI=1S/C20H16N4O5S/c1-2-11-23-19(27)17(12-13-7-9-14(10-8-13)24(28)29)30-20(23)22-21-18(26)15-5-3-4-6-16(15)25/h2-10,12,25H,1,11H2,(H,21,26)/b17-12-,22-20+. The summed E-state index contributed by atoms with van der Waals surface area (Å²) in [4.78, 5) is 36.9. The molecule has 9 nitrogen and oxygen atoms in total. The van der Waals surface area contributed by atoms with Crippen molar-refractivity contribution in [2.75, 3.05) is 6.54 Å². The molecule has 1 aliphatic heterocycles. The number of aromatic hydroxyl groups is 1. The Morgan fingerprint density at radius 2 is 1.97 bits per heavy atom. The van der Waals surface area contributed by atoms with E-state index in [9.17, 15) is 24.8 Å². The third-order valence-corrected chi connectivity index (χ3v) is 5.01. The van der Waals surface area contributed by atoms with Crippen molar-refractivity contribution < 1.29 is 19.6 Å². The molecule has 0 aliphatic carbocycles. The summed E-state index contributed by atoms with van der Waals surface area (Å²) in [5.41, 5.74) is 2.94. The molecule has 1 fully saturated rings. The highest BCUT2D eigenvalue weighted by atomic mass is 32.2. The molecule has 0 spiro atoms. The van der Waals surface area contributed by atoms with E-state index in [0.717, 1.165) is 11.8 Å². The largest absolute Gasteiger partial charge is 0.507 e. The SMILES string of the molecule is C=CCN1C(=O)/C(=C/c2ccc([N+](=O)[O-])cc2)S/C1=N/NC(=O)c1ccccc1O. The van der Waals surface area contributed by atoms with E-state index in [0.29, 0.717) is 10.5 Å². The third kappa shape index (κ3) is 4.55. The molecule has 10 heteroatoms. The minimum absolute atomic E-state index is 0.0492. The molecule has 152 valence electrons.